The van der Waals surface area contributed by atoms with E-state index in [-0.39, 0.29) is 6.54 Å². The topological polar surface area (TPSA) is 29.1 Å². The smallest absolute Gasteiger partial charge is 0.314 e. The Labute approximate surface area is 78.5 Å². The average molecular weight is 206 g/mol. The maximum atomic E-state index is 12.6. The lowest BCUT2D eigenvalue weighted by atomic mass is 10.2. The van der Waals surface area contributed by atoms with Gasteiger partial charge in [-0.3, -0.25) is 4.79 Å². The van der Waals surface area contributed by atoms with Gasteiger partial charge in [0.25, 0.3) is 0 Å². The average Bonchev–Trinajstić information content (AvgIpc) is 2.07. The summed E-state index contributed by atoms with van der Waals surface area (Å²) in [6.45, 7) is 0.0829. The van der Waals surface area contributed by atoms with Crippen LogP contribution < -0.4 is 5.32 Å². The highest BCUT2D eigenvalue weighted by Crippen LogP contribution is 2.08. The quantitative estimate of drug-likeness (QED) is 0.583. The molecule has 0 radical (unpaired) electrons. The Morgan fingerprint density at radius 1 is 1.38 bits per heavy atom. The minimum absolute atomic E-state index is 0.0829. The number of rotatable bonds is 2. The molecular weight excluding hydrogens is 200 g/mol. The molecule has 0 bridgehead atoms. The summed E-state index contributed by atoms with van der Waals surface area (Å²) in [6, 6.07) is 3.36. The monoisotopic (exact) mass is 205 g/mol. The standard InChI is InChI=1S/C8H6ClF2NO/c9-8(13)12-4-5-1-2-6(10)7(11)3-5/h1-3H,4H2,(H,12,13). The van der Waals surface area contributed by atoms with Gasteiger partial charge in [0.15, 0.2) is 11.6 Å². The Hall–Kier alpha value is -1.16. The van der Waals surface area contributed by atoms with Crippen LogP contribution in [-0.2, 0) is 6.54 Å². The summed E-state index contributed by atoms with van der Waals surface area (Å²) < 4.78 is 25.0. The van der Waals surface area contributed by atoms with Gasteiger partial charge in [-0.25, -0.2) is 8.78 Å². The van der Waals surface area contributed by atoms with E-state index in [0.717, 1.165) is 12.1 Å². The molecule has 0 heterocycles. The second-order valence-electron chi connectivity index (χ2n) is 2.38. The predicted octanol–water partition coefficient (Wildman–Crippen LogP) is 2.41. The highest BCUT2D eigenvalue weighted by atomic mass is 35.5. The molecule has 0 aliphatic carbocycles. The van der Waals surface area contributed by atoms with E-state index in [2.05, 4.69) is 5.32 Å². The lowest BCUT2D eigenvalue weighted by Crippen LogP contribution is -2.15. The Kier molecular flexibility index (Phi) is 3.19. The van der Waals surface area contributed by atoms with Crippen molar-refractivity contribution in [2.75, 3.05) is 0 Å². The van der Waals surface area contributed by atoms with E-state index >= 15 is 0 Å². The lowest BCUT2D eigenvalue weighted by molar-refractivity contribution is 0.259. The molecule has 13 heavy (non-hydrogen) atoms. The first-order valence-electron chi connectivity index (χ1n) is 3.47. The molecule has 1 amide bonds. The summed E-state index contributed by atoms with van der Waals surface area (Å²) in [6.07, 6.45) is 0. The van der Waals surface area contributed by atoms with E-state index in [4.69, 9.17) is 11.6 Å². The zero-order valence-electron chi connectivity index (χ0n) is 6.48. The van der Waals surface area contributed by atoms with Crippen LogP contribution in [0.1, 0.15) is 5.56 Å². The fraction of sp³-hybridized carbons (Fsp3) is 0.125. The highest BCUT2D eigenvalue weighted by molar-refractivity contribution is 6.62. The minimum Gasteiger partial charge on any atom is -0.339 e. The van der Waals surface area contributed by atoms with Gasteiger partial charge in [-0.15, -0.1) is 0 Å². The third-order valence-corrected chi connectivity index (χ3v) is 1.55. The van der Waals surface area contributed by atoms with Crippen LogP contribution in [0.25, 0.3) is 0 Å². The van der Waals surface area contributed by atoms with E-state index in [9.17, 15) is 13.6 Å². The van der Waals surface area contributed by atoms with Gasteiger partial charge >= 0.3 is 5.37 Å². The van der Waals surface area contributed by atoms with Crippen molar-refractivity contribution in [3.8, 4) is 0 Å². The first-order chi connectivity index (χ1) is 6.09. The van der Waals surface area contributed by atoms with Gasteiger partial charge in [-0.2, -0.15) is 0 Å². The number of benzene rings is 1. The van der Waals surface area contributed by atoms with Crippen LogP contribution in [0, 0.1) is 11.6 Å². The summed E-state index contributed by atoms with van der Waals surface area (Å²) in [5.41, 5.74) is 0.452. The van der Waals surface area contributed by atoms with Gasteiger partial charge in [0.2, 0.25) is 0 Å². The van der Waals surface area contributed by atoms with Crippen molar-refractivity contribution in [2.45, 2.75) is 6.54 Å². The van der Waals surface area contributed by atoms with E-state index in [1.165, 1.54) is 6.07 Å². The van der Waals surface area contributed by atoms with Gasteiger partial charge in [0.1, 0.15) is 0 Å². The van der Waals surface area contributed by atoms with Gasteiger partial charge in [-0.05, 0) is 29.3 Å². The molecule has 1 aromatic carbocycles. The van der Waals surface area contributed by atoms with Crippen molar-refractivity contribution < 1.29 is 13.6 Å². The number of hydrogen-bond donors (Lipinski definition) is 1. The molecule has 70 valence electrons. The van der Waals surface area contributed by atoms with Crippen molar-refractivity contribution >= 4 is 17.0 Å². The van der Waals surface area contributed by atoms with Crippen LogP contribution in [0.3, 0.4) is 0 Å². The maximum Gasteiger partial charge on any atom is 0.314 e. The molecule has 1 rings (SSSR count). The molecule has 1 N–H and O–H groups in total. The summed E-state index contributed by atoms with van der Waals surface area (Å²) >= 11 is 4.98. The van der Waals surface area contributed by atoms with Gasteiger partial charge < -0.3 is 5.32 Å². The van der Waals surface area contributed by atoms with Crippen LogP contribution in [0.4, 0.5) is 13.6 Å². The van der Waals surface area contributed by atoms with E-state index in [0.29, 0.717) is 5.56 Å². The summed E-state index contributed by atoms with van der Waals surface area (Å²) in [4.78, 5) is 10.3. The molecule has 0 aliphatic heterocycles. The normalized spacial score (nSPS) is 9.77. The zero-order chi connectivity index (χ0) is 9.84. The Morgan fingerprint density at radius 3 is 2.62 bits per heavy atom. The van der Waals surface area contributed by atoms with Crippen LogP contribution in [0.2, 0.25) is 0 Å². The maximum absolute atomic E-state index is 12.6. The highest BCUT2D eigenvalue weighted by Gasteiger charge is 2.02. The zero-order valence-corrected chi connectivity index (χ0v) is 7.24. The van der Waals surface area contributed by atoms with Crippen molar-refractivity contribution in [1.82, 2.24) is 5.32 Å². The Bertz CT molecular complexity index is 330. The number of hydrogen-bond acceptors (Lipinski definition) is 1. The van der Waals surface area contributed by atoms with Crippen LogP contribution >= 0.6 is 11.6 Å². The summed E-state index contributed by atoms with van der Waals surface area (Å²) in [5.74, 6) is -1.86. The van der Waals surface area contributed by atoms with Gasteiger partial charge in [0.05, 0.1) is 0 Å². The summed E-state index contributed by atoms with van der Waals surface area (Å²) in [7, 11) is 0. The third kappa shape index (κ3) is 2.99. The SMILES string of the molecule is O=C(Cl)NCc1ccc(F)c(F)c1. The molecule has 0 aliphatic rings. The Balaban J connectivity index is 2.68. The first-order valence-corrected chi connectivity index (χ1v) is 3.84. The Morgan fingerprint density at radius 2 is 2.08 bits per heavy atom. The number of carbonyl (C=O) groups is 1. The molecule has 5 heteroatoms. The van der Waals surface area contributed by atoms with Gasteiger partial charge in [-0.1, -0.05) is 6.07 Å². The number of halogens is 3. The molecule has 0 saturated carbocycles. The van der Waals surface area contributed by atoms with E-state index < -0.39 is 17.0 Å². The molecule has 0 atom stereocenters. The second-order valence-corrected chi connectivity index (χ2v) is 2.72. The van der Waals surface area contributed by atoms with Crippen molar-refractivity contribution in [1.29, 1.82) is 0 Å². The van der Waals surface area contributed by atoms with Crippen LogP contribution in [-0.4, -0.2) is 5.37 Å². The molecule has 0 saturated heterocycles. The molecule has 1 aromatic rings. The van der Waals surface area contributed by atoms with Crippen LogP contribution in [0.15, 0.2) is 18.2 Å². The fourth-order valence-electron chi connectivity index (χ4n) is 0.821. The van der Waals surface area contributed by atoms with Crippen molar-refractivity contribution in [3.63, 3.8) is 0 Å². The first kappa shape index (κ1) is 9.92. The molecule has 2 nitrogen and oxygen atoms in total. The van der Waals surface area contributed by atoms with E-state index in [1.807, 2.05) is 0 Å². The second kappa shape index (κ2) is 4.18. The van der Waals surface area contributed by atoms with E-state index in [1.54, 1.807) is 0 Å². The molecule has 0 aromatic heterocycles. The molecular formula is C8H6ClF2NO. The number of nitrogens with one attached hydrogen (secondary N) is 1. The molecule has 0 fully saturated rings. The third-order valence-electron chi connectivity index (χ3n) is 1.42. The fourth-order valence-corrected chi connectivity index (χ4v) is 0.888. The van der Waals surface area contributed by atoms with Crippen LogP contribution in [0.5, 0.6) is 0 Å². The van der Waals surface area contributed by atoms with Crippen molar-refractivity contribution in [3.05, 3.63) is 35.4 Å². The molecule has 0 spiro atoms. The lowest BCUT2D eigenvalue weighted by Gasteiger charge is -2.01. The number of amides is 1. The minimum atomic E-state index is -0.943. The molecule has 0 unspecified atom stereocenters. The predicted molar refractivity (Wildman–Crippen MR) is 44.4 cm³/mol. The number of carbonyl (C=O) groups excluding carboxylic acids is 1. The van der Waals surface area contributed by atoms with Gasteiger partial charge in [0, 0.05) is 6.54 Å². The van der Waals surface area contributed by atoms with Crippen molar-refractivity contribution in [2.24, 2.45) is 0 Å². The largest absolute Gasteiger partial charge is 0.339 e. The summed E-state index contributed by atoms with van der Waals surface area (Å²) in [5, 5.41) is 1.51.